The number of sulfonamides is 1. The normalized spacial score (nSPS) is 23.2. The third-order valence-corrected chi connectivity index (χ3v) is 6.28. The van der Waals surface area contributed by atoms with Crippen LogP contribution < -0.4 is 10.9 Å². The second-order valence-electron chi connectivity index (χ2n) is 5.86. The Morgan fingerprint density at radius 3 is 2.86 bits per heavy atom. The highest BCUT2D eigenvalue weighted by Gasteiger charge is 2.29. The van der Waals surface area contributed by atoms with Gasteiger partial charge in [-0.15, -0.1) is 0 Å². The number of aromatic amines is 1. The van der Waals surface area contributed by atoms with E-state index in [2.05, 4.69) is 15.3 Å². The van der Waals surface area contributed by atoms with Gasteiger partial charge in [0.25, 0.3) is 5.56 Å². The lowest BCUT2D eigenvalue weighted by molar-refractivity contribution is 0.371. The van der Waals surface area contributed by atoms with Crippen LogP contribution in [0, 0.1) is 0 Å². The summed E-state index contributed by atoms with van der Waals surface area (Å²) >= 11 is 0. The van der Waals surface area contributed by atoms with Gasteiger partial charge in [-0.2, -0.15) is 4.31 Å². The number of rotatable bonds is 3. The average molecular weight is 326 g/mol. The van der Waals surface area contributed by atoms with E-state index in [4.69, 9.17) is 0 Å². The Hall–Kier alpha value is -1.25. The fourth-order valence-corrected chi connectivity index (χ4v) is 4.16. The predicted molar refractivity (Wildman–Crippen MR) is 83.0 cm³/mol. The van der Waals surface area contributed by atoms with Crippen LogP contribution in [-0.4, -0.2) is 41.5 Å². The minimum atomic E-state index is -3.25. The van der Waals surface area contributed by atoms with Crippen LogP contribution in [-0.2, 0) is 23.0 Å². The molecule has 1 atom stereocenters. The zero-order valence-corrected chi connectivity index (χ0v) is 13.6. The molecule has 0 bridgehead atoms. The van der Waals surface area contributed by atoms with Crippen molar-refractivity contribution in [2.24, 2.45) is 0 Å². The molecule has 0 aliphatic carbocycles. The van der Waals surface area contributed by atoms with Crippen LogP contribution in [0.2, 0.25) is 0 Å². The number of H-pyrrole nitrogens is 1. The number of nitrogens with zero attached hydrogens (tertiary/aromatic N) is 2. The molecule has 7 nitrogen and oxygen atoms in total. The quantitative estimate of drug-likeness (QED) is 0.832. The highest BCUT2D eigenvalue weighted by Crippen LogP contribution is 2.22. The Kier molecular flexibility index (Phi) is 4.33. The summed E-state index contributed by atoms with van der Waals surface area (Å²) in [7, 11) is -3.25. The maximum atomic E-state index is 12.3. The van der Waals surface area contributed by atoms with Crippen molar-refractivity contribution >= 4 is 10.0 Å². The average Bonchev–Trinajstić information content (AvgIpc) is 2.55. The first kappa shape index (κ1) is 15.6. The molecule has 0 spiro atoms. The Labute approximate surface area is 130 Å². The van der Waals surface area contributed by atoms with Gasteiger partial charge in [-0.3, -0.25) is 4.79 Å². The maximum Gasteiger partial charge on any atom is 0.254 e. The third-order valence-electron chi connectivity index (χ3n) is 4.46. The van der Waals surface area contributed by atoms with E-state index in [9.17, 15) is 13.2 Å². The first-order valence-electron chi connectivity index (χ1n) is 7.84. The molecular formula is C14H22N4O3S. The van der Waals surface area contributed by atoms with E-state index in [1.54, 1.807) is 6.92 Å². The standard InChI is InChI=1S/C14H22N4O3S/c1-2-22(20,21)18-8-6-10-12(9-18)16-13(17-14(10)19)11-5-3-4-7-15-11/h11,15H,2-9H2,1H3,(H,16,17,19). The largest absolute Gasteiger partial charge is 0.309 e. The van der Waals surface area contributed by atoms with Gasteiger partial charge in [0.05, 0.1) is 24.0 Å². The summed E-state index contributed by atoms with van der Waals surface area (Å²) in [5, 5.41) is 3.36. The molecule has 0 radical (unpaired) electrons. The smallest absolute Gasteiger partial charge is 0.254 e. The second kappa shape index (κ2) is 6.10. The highest BCUT2D eigenvalue weighted by atomic mass is 32.2. The van der Waals surface area contributed by atoms with Crippen LogP contribution in [0.4, 0.5) is 0 Å². The molecule has 2 N–H and O–H groups in total. The fraction of sp³-hybridized carbons (Fsp3) is 0.714. The molecule has 1 aromatic heterocycles. The van der Waals surface area contributed by atoms with E-state index >= 15 is 0 Å². The zero-order valence-electron chi connectivity index (χ0n) is 12.8. The molecule has 1 fully saturated rings. The van der Waals surface area contributed by atoms with Gasteiger partial charge in [-0.05, 0) is 32.7 Å². The highest BCUT2D eigenvalue weighted by molar-refractivity contribution is 7.89. The van der Waals surface area contributed by atoms with Crippen LogP contribution in [0.3, 0.4) is 0 Å². The molecule has 1 saturated heterocycles. The number of aromatic nitrogens is 2. The first-order chi connectivity index (χ1) is 10.5. The minimum Gasteiger partial charge on any atom is -0.309 e. The molecule has 1 aromatic rings. The van der Waals surface area contributed by atoms with Crippen LogP contribution >= 0.6 is 0 Å². The lowest BCUT2D eigenvalue weighted by atomic mass is 10.0. The van der Waals surface area contributed by atoms with Gasteiger partial charge in [-0.1, -0.05) is 6.42 Å². The summed E-state index contributed by atoms with van der Waals surface area (Å²) in [5.41, 5.74) is 1.11. The number of fused-ring (bicyclic) bond motifs is 1. The number of hydrogen-bond donors (Lipinski definition) is 2. The summed E-state index contributed by atoms with van der Waals surface area (Å²) in [6, 6.07) is 0.0601. The third kappa shape index (κ3) is 2.95. The molecule has 2 aliphatic heterocycles. The van der Waals surface area contributed by atoms with Gasteiger partial charge in [0.2, 0.25) is 10.0 Å². The van der Waals surface area contributed by atoms with E-state index < -0.39 is 10.0 Å². The summed E-state index contributed by atoms with van der Waals surface area (Å²) in [5.74, 6) is 0.710. The van der Waals surface area contributed by atoms with Gasteiger partial charge >= 0.3 is 0 Å². The Balaban J connectivity index is 1.92. The lowest BCUT2D eigenvalue weighted by Gasteiger charge is -2.28. The first-order valence-corrected chi connectivity index (χ1v) is 9.45. The predicted octanol–water partition coefficient (Wildman–Crippen LogP) is 0.292. The van der Waals surface area contributed by atoms with Crippen molar-refractivity contribution in [1.29, 1.82) is 0 Å². The van der Waals surface area contributed by atoms with Crippen molar-refractivity contribution in [3.63, 3.8) is 0 Å². The van der Waals surface area contributed by atoms with Crippen LogP contribution in [0.5, 0.6) is 0 Å². The van der Waals surface area contributed by atoms with E-state index in [0.29, 0.717) is 30.0 Å². The molecule has 122 valence electrons. The molecule has 22 heavy (non-hydrogen) atoms. The van der Waals surface area contributed by atoms with Gasteiger partial charge in [0.1, 0.15) is 5.82 Å². The molecule has 0 aromatic carbocycles. The molecule has 3 heterocycles. The summed E-state index contributed by atoms with van der Waals surface area (Å²) in [6.45, 7) is 3.11. The molecule has 1 unspecified atom stereocenters. The molecule has 0 amide bonds. The van der Waals surface area contributed by atoms with Crippen molar-refractivity contribution in [3.8, 4) is 0 Å². The summed E-state index contributed by atoms with van der Waals surface area (Å²) < 4.78 is 25.5. The maximum absolute atomic E-state index is 12.3. The van der Waals surface area contributed by atoms with E-state index in [-0.39, 0.29) is 23.9 Å². The van der Waals surface area contributed by atoms with Crippen molar-refractivity contribution < 1.29 is 8.42 Å². The lowest BCUT2D eigenvalue weighted by Crippen LogP contribution is -2.40. The van der Waals surface area contributed by atoms with Gasteiger partial charge < -0.3 is 10.3 Å². The van der Waals surface area contributed by atoms with Crippen LogP contribution in [0.1, 0.15) is 49.3 Å². The second-order valence-corrected chi connectivity index (χ2v) is 8.12. The minimum absolute atomic E-state index is 0.0601. The van der Waals surface area contributed by atoms with Gasteiger partial charge in [0.15, 0.2) is 0 Å². The molecule has 0 saturated carbocycles. The number of nitrogens with one attached hydrogen (secondary N) is 2. The van der Waals surface area contributed by atoms with Crippen molar-refractivity contribution in [2.75, 3.05) is 18.8 Å². The van der Waals surface area contributed by atoms with Crippen LogP contribution in [0.15, 0.2) is 4.79 Å². The Bertz CT molecular complexity index is 707. The fourth-order valence-electron chi connectivity index (χ4n) is 3.11. The topological polar surface area (TPSA) is 95.2 Å². The number of piperidine rings is 1. The van der Waals surface area contributed by atoms with Crippen molar-refractivity contribution in [1.82, 2.24) is 19.6 Å². The van der Waals surface area contributed by atoms with Crippen molar-refractivity contribution in [3.05, 3.63) is 27.4 Å². The van der Waals surface area contributed by atoms with E-state index in [0.717, 1.165) is 25.8 Å². The van der Waals surface area contributed by atoms with Gasteiger partial charge in [-0.25, -0.2) is 13.4 Å². The summed E-state index contributed by atoms with van der Waals surface area (Å²) in [4.78, 5) is 19.7. The molecule has 2 aliphatic rings. The molecule has 3 rings (SSSR count). The van der Waals surface area contributed by atoms with E-state index in [1.165, 1.54) is 4.31 Å². The molecule has 8 heteroatoms. The summed E-state index contributed by atoms with van der Waals surface area (Å²) in [6.07, 6.45) is 3.61. The monoisotopic (exact) mass is 326 g/mol. The van der Waals surface area contributed by atoms with Gasteiger partial charge in [0, 0.05) is 12.1 Å². The molecular weight excluding hydrogens is 304 g/mol. The van der Waals surface area contributed by atoms with E-state index in [1.807, 2.05) is 0 Å². The Morgan fingerprint density at radius 1 is 1.36 bits per heavy atom. The Morgan fingerprint density at radius 2 is 2.18 bits per heavy atom. The SMILES string of the molecule is CCS(=O)(=O)N1CCc2c(nc(C3CCCCN3)[nH]c2=O)C1. The van der Waals surface area contributed by atoms with Crippen LogP contribution in [0.25, 0.3) is 0 Å². The van der Waals surface area contributed by atoms with Crippen molar-refractivity contribution in [2.45, 2.75) is 45.2 Å². The zero-order chi connectivity index (χ0) is 15.7. The number of hydrogen-bond acceptors (Lipinski definition) is 5.